The molecule has 2 aliphatic rings. The molecule has 0 radical (unpaired) electrons. The Balaban J connectivity index is 1.81. The number of halogens is 3. The summed E-state index contributed by atoms with van der Waals surface area (Å²) in [6.45, 7) is 0.927. The quantitative estimate of drug-likeness (QED) is 0.880. The van der Waals surface area contributed by atoms with Gasteiger partial charge in [-0.1, -0.05) is 0 Å². The summed E-state index contributed by atoms with van der Waals surface area (Å²) in [4.78, 5) is 16.2. The monoisotopic (exact) mass is 301 g/mol. The number of anilines is 1. The van der Waals surface area contributed by atoms with Crippen LogP contribution in [-0.2, 0) is 6.18 Å². The van der Waals surface area contributed by atoms with Crippen molar-refractivity contribution in [3.63, 3.8) is 0 Å². The third-order valence-corrected chi connectivity index (χ3v) is 4.25. The number of hydrogen-bond acceptors (Lipinski definition) is 3. The van der Waals surface area contributed by atoms with Gasteiger partial charge in [-0.05, 0) is 18.9 Å². The molecule has 114 valence electrons. The van der Waals surface area contributed by atoms with E-state index in [4.69, 9.17) is 5.11 Å². The normalized spacial score (nSPS) is 23.4. The van der Waals surface area contributed by atoms with E-state index < -0.39 is 17.8 Å². The first-order valence-electron chi connectivity index (χ1n) is 6.57. The molecule has 21 heavy (non-hydrogen) atoms. The Kier molecular flexibility index (Phi) is 3.00. The smallest absolute Gasteiger partial charge is 0.417 e. The zero-order valence-electron chi connectivity index (χ0n) is 11.0. The highest BCUT2D eigenvalue weighted by atomic mass is 19.4. The van der Waals surface area contributed by atoms with E-state index in [9.17, 15) is 18.0 Å². The number of carbonyl (C=O) groups is 1. The van der Waals surface area contributed by atoms with E-state index in [0.717, 1.165) is 25.1 Å². The summed E-state index contributed by atoms with van der Waals surface area (Å²) in [5, 5.41) is 11.3. The maximum atomic E-state index is 12.7. The van der Waals surface area contributed by atoms with Crippen LogP contribution >= 0.6 is 0 Å². The van der Waals surface area contributed by atoms with Crippen LogP contribution in [0, 0.1) is 5.41 Å². The van der Waals surface area contributed by atoms with E-state index >= 15 is 0 Å². The van der Waals surface area contributed by atoms with E-state index in [-0.39, 0.29) is 11.5 Å². The van der Waals surface area contributed by atoms with Crippen LogP contribution in [0.2, 0.25) is 0 Å². The number of alkyl halides is 3. The van der Waals surface area contributed by atoms with Gasteiger partial charge in [0, 0.05) is 24.7 Å². The van der Waals surface area contributed by atoms with Gasteiger partial charge in [0.1, 0.15) is 0 Å². The Labute approximate surface area is 118 Å². The average molecular weight is 301 g/mol. The lowest BCUT2D eigenvalue weighted by Crippen LogP contribution is -2.40. The summed E-state index contributed by atoms with van der Waals surface area (Å²) >= 11 is 0. The fourth-order valence-corrected chi connectivity index (χ4v) is 2.94. The minimum Gasteiger partial charge on any atom is -0.465 e. The summed E-state index contributed by atoms with van der Waals surface area (Å²) in [7, 11) is 0. The molecule has 8 heteroatoms. The zero-order valence-corrected chi connectivity index (χ0v) is 11.0. The largest absolute Gasteiger partial charge is 0.465 e. The molecule has 1 atom stereocenters. The average Bonchev–Trinajstić information content (AvgIpc) is 3.07. The number of nitrogens with zero attached hydrogens (tertiary/aromatic N) is 2. The molecule has 1 aliphatic carbocycles. The number of pyridine rings is 1. The second kappa shape index (κ2) is 4.51. The lowest BCUT2D eigenvalue weighted by molar-refractivity contribution is -0.137. The third kappa shape index (κ3) is 2.62. The highest BCUT2D eigenvalue weighted by Gasteiger charge is 2.55. The van der Waals surface area contributed by atoms with Crippen molar-refractivity contribution in [3.8, 4) is 0 Å². The van der Waals surface area contributed by atoms with Crippen LogP contribution in [0.3, 0.4) is 0 Å². The van der Waals surface area contributed by atoms with E-state index in [2.05, 4.69) is 10.3 Å². The van der Waals surface area contributed by atoms with Crippen molar-refractivity contribution >= 4 is 11.8 Å². The molecule has 1 aromatic rings. The topological polar surface area (TPSA) is 65.5 Å². The Bertz CT molecular complexity index is 572. The van der Waals surface area contributed by atoms with Crippen molar-refractivity contribution in [1.29, 1.82) is 0 Å². The van der Waals surface area contributed by atoms with Gasteiger partial charge < -0.3 is 15.3 Å². The van der Waals surface area contributed by atoms with Crippen LogP contribution in [0.25, 0.3) is 0 Å². The number of rotatable bonds is 2. The molecule has 3 rings (SSSR count). The van der Waals surface area contributed by atoms with Crippen LogP contribution in [0.4, 0.5) is 23.7 Å². The number of nitrogens with one attached hydrogen (secondary N) is 1. The van der Waals surface area contributed by atoms with Crippen molar-refractivity contribution in [2.24, 2.45) is 5.41 Å². The van der Waals surface area contributed by atoms with Gasteiger partial charge in [-0.25, -0.2) is 4.79 Å². The highest BCUT2D eigenvalue weighted by molar-refractivity contribution is 5.66. The van der Waals surface area contributed by atoms with Gasteiger partial charge in [-0.2, -0.15) is 13.2 Å². The van der Waals surface area contributed by atoms with E-state index in [1.807, 2.05) is 0 Å². The first-order chi connectivity index (χ1) is 9.80. The van der Waals surface area contributed by atoms with E-state index in [0.29, 0.717) is 18.8 Å². The van der Waals surface area contributed by atoms with Crippen molar-refractivity contribution < 1.29 is 23.1 Å². The molecule has 5 nitrogen and oxygen atoms in total. The number of aromatic nitrogens is 1. The van der Waals surface area contributed by atoms with Crippen LogP contribution < -0.4 is 10.2 Å². The summed E-state index contributed by atoms with van der Waals surface area (Å²) in [6, 6.07) is 0.816. The summed E-state index contributed by atoms with van der Waals surface area (Å²) in [6.07, 6.45) is -1.58. The number of carboxylic acid groups (broad SMARTS) is 1. The molecule has 0 aromatic carbocycles. The van der Waals surface area contributed by atoms with Crippen molar-refractivity contribution in [3.05, 3.63) is 24.0 Å². The fourth-order valence-electron chi connectivity index (χ4n) is 2.94. The molecule has 2 heterocycles. The minimum absolute atomic E-state index is 0.132. The Morgan fingerprint density at radius 3 is 2.71 bits per heavy atom. The second-order valence-electron chi connectivity index (χ2n) is 5.67. The molecule has 0 unspecified atom stereocenters. The van der Waals surface area contributed by atoms with Gasteiger partial charge in [0.2, 0.25) is 0 Å². The van der Waals surface area contributed by atoms with E-state index in [1.165, 1.54) is 6.20 Å². The Morgan fingerprint density at radius 2 is 2.14 bits per heavy atom. The molecule has 1 amide bonds. The first kappa shape index (κ1) is 14.0. The van der Waals surface area contributed by atoms with Crippen molar-refractivity contribution in [2.45, 2.75) is 25.1 Å². The van der Waals surface area contributed by atoms with Crippen LogP contribution in [0.5, 0.6) is 0 Å². The predicted octanol–water partition coefficient (Wildman–Crippen LogP) is 2.34. The SMILES string of the molecule is O=C(O)N[C@H]1CN(c2cncc(C(F)(F)F)c2)CC12CC2. The molecular formula is C13H14F3N3O2. The van der Waals surface area contributed by atoms with Crippen molar-refractivity contribution in [2.75, 3.05) is 18.0 Å². The zero-order chi connectivity index (χ0) is 15.3. The molecule has 1 aliphatic heterocycles. The Morgan fingerprint density at radius 1 is 1.43 bits per heavy atom. The minimum atomic E-state index is -4.43. The van der Waals surface area contributed by atoms with Crippen LogP contribution in [0.1, 0.15) is 18.4 Å². The maximum absolute atomic E-state index is 12.7. The fraction of sp³-hybridized carbons (Fsp3) is 0.538. The van der Waals surface area contributed by atoms with Gasteiger partial charge in [-0.3, -0.25) is 4.98 Å². The molecule has 1 spiro atoms. The number of amides is 1. The molecule has 1 saturated heterocycles. The molecule has 1 aromatic heterocycles. The summed E-state index contributed by atoms with van der Waals surface area (Å²) in [5.74, 6) is 0. The lowest BCUT2D eigenvalue weighted by atomic mass is 10.0. The lowest BCUT2D eigenvalue weighted by Gasteiger charge is -2.19. The molecule has 0 bridgehead atoms. The van der Waals surface area contributed by atoms with Gasteiger partial charge in [0.15, 0.2) is 0 Å². The van der Waals surface area contributed by atoms with Gasteiger partial charge in [-0.15, -0.1) is 0 Å². The summed E-state index contributed by atoms with van der Waals surface area (Å²) < 4.78 is 38.2. The molecular weight excluding hydrogens is 287 g/mol. The first-order valence-corrected chi connectivity index (χ1v) is 6.57. The maximum Gasteiger partial charge on any atom is 0.417 e. The molecule has 2 N–H and O–H groups in total. The standard InChI is InChI=1S/C13H14F3N3O2/c14-13(15,16)8-3-9(5-17-4-8)19-6-10(18-11(20)21)12(7-19)1-2-12/h3-5,10,18H,1-2,6-7H2,(H,20,21)/t10-/m0/s1. The summed E-state index contributed by atoms with van der Waals surface area (Å²) in [5.41, 5.74) is -0.544. The van der Waals surface area contributed by atoms with Gasteiger partial charge in [0.25, 0.3) is 0 Å². The molecule has 2 fully saturated rings. The van der Waals surface area contributed by atoms with Gasteiger partial charge in [0.05, 0.1) is 23.5 Å². The highest BCUT2D eigenvalue weighted by Crippen LogP contribution is 2.53. The second-order valence-corrected chi connectivity index (χ2v) is 5.67. The molecule has 1 saturated carbocycles. The number of hydrogen-bond donors (Lipinski definition) is 2. The van der Waals surface area contributed by atoms with Gasteiger partial charge >= 0.3 is 12.3 Å². The Hall–Kier alpha value is -1.99. The van der Waals surface area contributed by atoms with Crippen LogP contribution in [-0.4, -0.2) is 35.3 Å². The van der Waals surface area contributed by atoms with Crippen molar-refractivity contribution in [1.82, 2.24) is 10.3 Å². The predicted molar refractivity (Wildman–Crippen MR) is 68.1 cm³/mol. The third-order valence-electron chi connectivity index (χ3n) is 4.25. The van der Waals surface area contributed by atoms with E-state index in [1.54, 1.807) is 4.90 Å². The van der Waals surface area contributed by atoms with Crippen LogP contribution in [0.15, 0.2) is 18.5 Å².